The van der Waals surface area contributed by atoms with E-state index in [0.29, 0.717) is 28.6 Å². The van der Waals surface area contributed by atoms with E-state index >= 15 is 0 Å². The molecule has 3 aromatic rings. The summed E-state index contributed by atoms with van der Waals surface area (Å²) in [5.74, 6) is 0.341. The van der Waals surface area contributed by atoms with Gasteiger partial charge < -0.3 is 20.7 Å². The molecule has 1 aliphatic rings. The molecule has 0 saturated heterocycles. The topological polar surface area (TPSA) is 92.6 Å². The smallest absolute Gasteiger partial charge is 0.256 e. The number of anilines is 3. The van der Waals surface area contributed by atoms with Crippen molar-refractivity contribution in [2.24, 2.45) is 0 Å². The van der Waals surface area contributed by atoms with Crippen molar-refractivity contribution in [1.29, 1.82) is 0 Å². The number of nitrogens with zero attached hydrogens (tertiary/aromatic N) is 3. The Morgan fingerprint density at radius 3 is 3.04 bits per heavy atom. The lowest BCUT2D eigenvalue weighted by Gasteiger charge is -2.13. The summed E-state index contributed by atoms with van der Waals surface area (Å²) >= 11 is 6.03. The lowest BCUT2D eigenvalue weighted by molar-refractivity contribution is 0.0948. The summed E-state index contributed by atoms with van der Waals surface area (Å²) < 4.78 is 21.3. The predicted octanol–water partition coefficient (Wildman–Crippen LogP) is 2.43. The van der Waals surface area contributed by atoms with E-state index in [1.807, 2.05) is 0 Å². The highest BCUT2D eigenvalue weighted by molar-refractivity contribution is 6.32. The molecule has 3 N–H and O–H groups in total. The van der Waals surface area contributed by atoms with Crippen LogP contribution in [-0.2, 0) is 0 Å². The summed E-state index contributed by atoms with van der Waals surface area (Å²) in [5, 5.41) is 12.9. The van der Waals surface area contributed by atoms with Crippen molar-refractivity contribution >= 4 is 40.5 Å². The van der Waals surface area contributed by atoms with Crippen LogP contribution in [0.25, 0.3) is 5.65 Å². The van der Waals surface area contributed by atoms with Gasteiger partial charge in [-0.2, -0.15) is 9.61 Å². The molecule has 0 fully saturated rings. The third-order valence-corrected chi connectivity index (χ3v) is 4.20. The molecular weight excluding hydrogens is 363 g/mol. The fourth-order valence-electron chi connectivity index (χ4n) is 2.66. The van der Waals surface area contributed by atoms with Crippen molar-refractivity contribution in [1.82, 2.24) is 19.9 Å². The number of rotatable bonds is 1. The van der Waals surface area contributed by atoms with Crippen molar-refractivity contribution in [2.75, 3.05) is 30.8 Å². The van der Waals surface area contributed by atoms with Crippen LogP contribution in [0, 0.1) is 5.82 Å². The van der Waals surface area contributed by atoms with Gasteiger partial charge >= 0.3 is 0 Å². The number of fused-ring (bicyclic) bond motifs is 3. The molecule has 0 saturated carbocycles. The predicted molar refractivity (Wildman–Crippen MR) is 95.1 cm³/mol. The number of benzene rings is 1. The first-order valence-corrected chi connectivity index (χ1v) is 8.18. The van der Waals surface area contributed by atoms with E-state index < -0.39 is 5.82 Å². The molecule has 134 valence electrons. The maximum absolute atomic E-state index is 14.3. The fourth-order valence-corrected chi connectivity index (χ4v) is 2.86. The second-order valence-electron chi connectivity index (χ2n) is 5.56. The summed E-state index contributed by atoms with van der Waals surface area (Å²) in [6.45, 7) is 0.416. The van der Waals surface area contributed by atoms with E-state index in [0.717, 1.165) is 0 Å². The zero-order valence-electron chi connectivity index (χ0n) is 13.6. The molecule has 1 aromatic carbocycles. The van der Waals surface area contributed by atoms with Gasteiger partial charge in [-0.1, -0.05) is 11.6 Å². The summed E-state index contributed by atoms with van der Waals surface area (Å²) in [6, 6.07) is 4.27. The number of hydrogen-bond donors (Lipinski definition) is 3. The SMILES string of the molecule is CNc1cc2nc3c(cnn13)C(=O)NCCOc1cc(c(F)cc1Cl)N2. The van der Waals surface area contributed by atoms with Gasteiger partial charge in [0.15, 0.2) is 5.65 Å². The van der Waals surface area contributed by atoms with Crippen molar-refractivity contribution in [2.45, 2.75) is 0 Å². The zero-order chi connectivity index (χ0) is 18.3. The Bertz CT molecular complexity index is 1020. The maximum Gasteiger partial charge on any atom is 0.256 e. The molecule has 3 heterocycles. The average molecular weight is 377 g/mol. The second-order valence-corrected chi connectivity index (χ2v) is 5.97. The van der Waals surface area contributed by atoms with Gasteiger partial charge in [-0.25, -0.2) is 9.37 Å². The van der Waals surface area contributed by atoms with Crippen LogP contribution in [-0.4, -0.2) is 40.7 Å². The summed E-state index contributed by atoms with van der Waals surface area (Å²) in [7, 11) is 1.71. The van der Waals surface area contributed by atoms with Crippen molar-refractivity contribution < 1.29 is 13.9 Å². The first-order valence-electron chi connectivity index (χ1n) is 7.80. The van der Waals surface area contributed by atoms with Crippen LogP contribution in [0.2, 0.25) is 5.02 Å². The molecule has 0 radical (unpaired) electrons. The highest BCUT2D eigenvalue weighted by Crippen LogP contribution is 2.32. The van der Waals surface area contributed by atoms with Crippen LogP contribution in [0.1, 0.15) is 10.4 Å². The van der Waals surface area contributed by atoms with Gasteiger partial charge in [-0.3, -0.25) is 4.79 Å². The average Bonchev–Trinajstić information content (AvgIpc) is 3.04. The van der Waals surface area contributed by atoms with Crippen molar-refractivity contribution in [3.63, 3.8) is 0 Å². The van der Waals surface area contributed by atoms with Crippen LogP contribution in [0.5, 0.6) is 5.75 Å². The zero-order valence-corrected chi connectivity index (χ0v) is 14.4. The Hall–Kier alpha value is -3.07. The monoisotopic (exact) mass is 376 g/mol. The van der Waals surface area contributed by atoms with E-state index in [1.54, 1.807) is 13.1 Å². The van der Waals surface area contributed by atoms with Crippen LogP contribution >= 0.6 is 11.6 Å². The van der Waals surface area contributed by atoms with E-state index in [9.17, 15) is 9.18 Å². The first kappa shape index (κ1) is 16.4. The van der Waals surface area contributed by atoms with Gasteiger partial charge in [0.25, 0.3) is 5.91 Å². The molecule has 0 spiro atoms. The lowest BCUT2D eigenvalue weighted by Crippen LogP contribution is -2.28. The molecule has 26 heavy (non-hydrogen) atoms. The lowest BCUT2D eigenvalue weighted by atomic mass is 10.2. The number of ether oxygens (including phenoxy) is 1. The molecule has 0 unspecified atom stereocenters. The second kappa shape index (κ2) is 6.34. The van der Waals surface area contributed by atoms with Crippen molar-refractivity contribution in [3.05, 3.63) is 40.8 Å². The highest BCUT2D eigenvalue weighted by Gasteiger charge is 2.19. The minimum absolute atomic E-state index is 0.144. The van der Waals surface area contributed by atoms with Crippen LogP contribution in [0.4, 0.5) is 21.7 Å². The molecule has 1 amide bonds. The maximum atomic E-state index is 14.3. The number of hydrogen-bond acceptors (Lipinski definition) is 6. The fraction of sp³-hybridized carbons (Fsp3) is 0.188. The third-order valence-electron chi connectivity index (χ3n) is 3.90. The van der Waals surface area contributed by atoms with E-state index in [2.05, 4.69) is 26.0 Å². The number of halogens is 2. The van der Waals surface area contributed by atoms with Crippen LogP contribution in [0.3, 0.4) is 0 Å². The summed E-state index contributed by atoms with van der Waals surface area (Å²) in [6.07, 6.45) is 1.43. The number of nitrogens with one attached hydrogen (secondary N) is 3. The van der Waals surface area contributed by atoms with E-state index in [1.165, 1.54) is 22.8 Å². The summed E-state index contributed by atoms with van der Waals surface area (Å²) in [5.41, 5.74) is 0.795. The van der Waals surface area contributed by atoms with Gasteiger partial charge in [0.1, 0.15) is 35.4 Å². The first-order chi connectivity index (χ1) is 12.6. The number of carbonyl (C=O) groups excluding carboxylic acids is 1. The van der Waals surface area contributed by atoms with Crippen LogP contribution in [0.15, 0.2) is 24.4 Å². The molecule has 2 aromatic heterocycles. The van der Waals surface area contributed by atoms with Gasteiger partial charge in [-0.05, 0) is 6.07 Å². The standard InChI is InChI=1S/C16H14ClFN6O2/c1-19-14-6-13-22-11-5-12(9(17)4-10(11)18)26-3-2-20-16(25)8-7-21-24(14)15(8)23-13/h4-7,19H,2-3H2,1H3,(H,20,25)(H,22,23). The van der Waals surface area contributed by atoms with Gasteiger partial charge in [0.05, 0.1) is 23.5 Å². The largest absolute Gasteiger partial charge is 0.490 e. The van der Waals surface area contributed by atoms with E-state index in [4.69, 9.17) is 16.3 Å². The Balaban J connectivity index is 1.91. The summed E-state index contributed by atoms with van der Waals surface area (Å²) in [4.78, 5) is 16.8. The Morgan fingerprint density at radius 2 is 2.23 bits per heavy atom. The molecular formula is C16H14ClFN6O2. The highest BCUT2D eigenvalue weighted by atomic mass is 35.5. The molecule has 0 atom stereocenters. The molecule has 0 aliphatic carbocycles. The van der Waals surface area contributed by atoms with Gasteiger partial charge in [0, 0.05) is 19.2 Å². The molecule has 1 aliphatic heterocycles. The molecule has 4 bridgehead atoms. The minimum atomic E-state index is -0.548. The van der Waals surface area contributed by atoms with Crippen LogP contribution < -0.4 is 20.7 Å². The van der Waals surface area contributed by atoms with E-state index in [-0.39, 0.29) is 29.8 Å². The van der Waals surface area contributed by atoms with Gasteiger partial charge in [0.2, 0.25) is 0 Å². The Morgan fingerprint density at radius 1 is 1.38 bits per heavy atom. The quantitative estimate of drug-likeness (QED) is 0.604. The Kier molecular flexibility index (Phi) is 4.00. The number of amides is 1. The van der Waals surface area contributed by atoms with Crippen molar-refractivity contribution in [3.8, 4) is 5.75 Å². The number of carbonyl (C=O) groups is 1. The molecule has 4 rings (SSSR count). The third kappa shape index (κ3) is 2.76. The normalized spacial score (nSPS) is 13.9. The minimum Gasteiger partial charge on any atom is -0.490 e. The molecule has 10 heteroatoms. The van der Waals surface area contributed by atoms with Gasteiger partial charge in [-0.15, -0.1) is 0 Å². The number of aromatic nitrogens is 3. The Labute approximate surface area is 152 Å². The molecule has 8 nitrogen and oxygen atoms in total.